The topological polar surface area (TPSA) is 51.4 Å². The molecule has 1 saturated heterocycles. The molecular formula is C14H25N3OS. The van der Waals surface area contributed by atoms with Gasteiger partial charge in [-0.2, -0.15) is 0 Å². The summed E-state index contributed by atoms with van der Waals surface area (Å²) in [5, 5.41) is 0. The zero-order valence-corrected chi connectivity index (χ0v) is 13.0. The first-order valence-corrected chi connectivity index (χ1v) is 7.91. The molecule has 0 amide bonds. The first-order chi connectivity index (χ1) is 9.11. The second kappa shape index (κ2) is 6.31. The van der Waals surface area contributed by atoms with Crippen molar-refractivity contribution in [1.29, 1.82) is 0 Å². The number of nitrogens with zero attached hydrogens (tertiary/aromatic N) is 2. The van der Waals surface area contributed by atoms with Gasteiger partial charge in [0.15, 0.2) is 0 Å². The van der Waals surface area contributed by atoms with E-state index in [2.05, 4.69) is 30.8 Å². The van der Waals surface area contributed by atoms with E-state index in [1.54, 1.807) is 11.3 Å². The molecule has 0 saturated carbocycles. The predicted molar refractivity (Wildman–Crippen MR) is 79.4 cm³/mol. The van der Waals surface area contributed by atoms with Crippen molar-refractivity contribution in [2.45, 2.75) is 51.3 Å². The summed E-state index contributed by atoms with van der Waals surface area (Å²) in [5.74, 6) is 0. The van der Waals surface area contributed by atoms with Gasteiger partial charge in [0.2, 0.25) is 0 Å². The molecule has 0 aromatic carbocycles. The van der Waals surface area contributed by atoms with Crippen LogP contribution in [0.5, 0.6) is 0 Å². The number of aryl methyl sites for hydroxylation is 1. The minimum absolute atomic E-state index is 0.0787. The van der Waals surface area contributed by atoms with E-state index in [-0.39, 0.29) is 5.54 Å². The molecule has 2 unspecified atom stereocenters. The quantitative estimate of drug-likeness (QED) is 0.900. The van der Waals surface area contributed by atoms with Gasteiger partial charge >= 0.3 is 0 Å². The second-order valence-corrected chi connectivity index (χ2v) is 6.44. The number of ether oxygens (including phenoxy) is 1. The van der Waals surface area contributed by atoms with E-state index in [1.807, 2.05) is 5.51 Å². The maximum atomic E-state index is 6.11. The average Bonchev–Trinajstić information content (AvgIpc) is 2.84. The van der Waals surface area contributed by atoms with Crippen LogP contribution in [0, 0.1) is 6.92 Å². The Labute approximate surface area is 120 Å². The van der Waals surface area contributed by atoms with Gasteiger partial charge in [-0.1, -0.05) is 6.92 Å². The normalized spacial score (nSPS) is 27.9. The molecule has 2 atom stereocenters. The Hall–Kier alpha value is -0.490. The van der Waals surface area contributed by atoms with Gasteiger partial charge in [0, 0.05) is 30.1 Å². The summed E-state index contributed by atoms with van der Waals surface area (Å²) < 4.78 is 5.80. The lowest BCUT2D eigenvalue weighted by molar-refractivity contribution is -0.0670. The van der Waals surface area contributed by atoms with Crippen LogP contribution in [0.15, 0.2) is 5.51 Å². The van der Waals surface area contributed by atoms with Crippen molar-refractivity contribution in [2.75, 3.05) is 20.2 Å². The van der Waals surface area contributed by atoms with E-state index >= 15 is 0 Å². The maximum absolute atomic E-state index is 6.11. The van der Waals surface area contributed by atoms with Crippen LogP contribution in [0.4, 0.5) is 0 Å². The molecule has 1 aliphatic rings. The summed E-state index contributed by atoms with van der Waals surface area (Å²) in [6.45, 7) is 6.71. The van der Waals surface area contributed by atoms with E-state index in [0.717, 1.165) is 38.1 Å². The fraction of sp³-hybridized carbons (Fsp3) is 0.786. The van der Waals surface area contributed by atoms with Crippen molar-refractivity contribution in [2.24, 2.45) is 5.73 Å². The van der Waals surface area contributed by atoms with Crippen molar-refractivity contribution in [3.05, 3.63) is 16.1 Å². The maximum Gasteiger partial charge on any atom is 0.0798 e. The largest absolute Gasteiger partial charge is 0.378 e. The fourth-order valence-corrected chi connectivity index (χ4v) is 3.64. The van der Waals surface area contributed by atoms with Gasteiger partial charge in [-0.3, -0.25) is 4.90 Å². The summed E-state index contributed by atoms with van der Waals surface area (Å²) in [5.41, 5.74) is 9.26. The molecule has 1 aliphatic heterocycles. The summed E-state index contributed by atoms with van der Waals surface area (Å²) in [7, 11) is 2.18. The van der Waals surface area contributed by atoms with E-state index in [1.165, 1.54) is 4.88 Å². The third-order valence-corrected chi connectivity index (χ3v) is 5.32. The van der Waals surface area contributed by atoms with Crippen LogP contribution in [-0.2, 0) is 11.3 Å². The Morgan fingerprint density at radius 3 is 3.00 bits per heavy atom. The van der Waals surface area contributed by atoms with Crippen molar-refractivity contribution in [1.82, 2.24) is 9.88 Å². The van der Waals surface area contributed by atoms with Crippen LogP contribution in [0.2, 0.25) is 0 Å². The molecule has 4 nitrogen and oxygen atoms in total. The smallest absolute Gasteiger partial charge is 0.0798 e. The van der Waals surface area contributed by atoms with Gasteiger partial charge in [-0.15, -0.1) is 11.3 Å². The van der Waals surface area contributed by atoms with Crippen molar-refractivity contribution < 1.29 is 4.74 Å². The first kappa shape index (κ1) is 14.9. The predicted octanol–water partition coefficient (Wildman–Crippen LogP) is 2.17. The Morgan fingerprint density at radius 2 is 2.42 bits per heavy atom. The Morgan fingerprint density at radius 1 is 1.63 bits per heavy atom. The number of nitrogens with two attached hydrogens (primary N) is 1. The molecule has 1 aromatic rings. The lowest BCUT2D eigenvalue weighted by atomic mass is 9.84. The molecule has 1 aromatic heterocycles. The summed E-state index contributed by atoms with van der Waals surface area (Å²) in [4.78, 5) is 8.09. The van der Waals surface area contributed by atoms with Gasteiger partial charge < -0.3 is 10.5 Å². The first-order valence-electron chi connectivity index (χ1n) is 7.03. The highest BCUT2D eigenvalue weighted by atomic mass is 32.1. The van der Waals surface area contributed by atoms with Crippen molar-refractivity contribution >= 4 is 11.3 Å². The number of hydrogen-bond acceptors (Lipinski definition) is 5. The number of aromatic nitrogens is 1. The number of hydrogen-bond donors (Lipinski definition) is 1. The summed E-state index contributed by atoms with van der Waals surface area (Å²) in [6.07, 6.45) is 3.47. The molecule has 2 N–H and O–H groups in total. The van der Waals surface area contributed by atoms with Crippen LogP contribution in [0.25, 0.3) is 0 Å². The number of thiazole rings is 1. The van der Waals surface area contributed by atoms with Gasteiger partial charge in [0.25, 0.3) is 0 Å². The average molecular weight is 283 g/mol. The highest BCUT2D eigenvalue weighted by Gasteiger charge is 2.38. The molecule has 2 rings (SSSR count). The van der Waals surface area contributed by atoms with E-state index < -0.39 is 0 Å². The van der Waals surface area contributed by atoms with Gasteiger partial charge in [-0.25, -0.2) is 4.98 Å². The van der Waals surface area contributed by atoms with Gasteiger partial charge in [-0.05, 0) is 33.2 Å². The molecule has 19 heavy (non-hydrogen) atoms. The van der Waals surface area contributed by atoms with Crippen LogP contribution in [-0.4, -0.2) is 41.7 Å². The Balaban J connectivity index is 2.09. The van der Waals surface area contributed by atoms with Gasteiger partial charge in [0.1, 0.15) is 0 Å². The molecule has 0 spiro atoms. The van der Waals surface area contributed by atoms with Crippen molar-refractivity contribution in [3.8, 4) is 0 Å². The Bertz CT molecular complexity index is 409. The van der Waals surface area contributed by atoms with Crippen LogP contribution < -0.4 is 5.73 Å². The molecule has 2 heterocycles. The third kappa shape index (κ3) is 3.16. The van der Waals surface area contributed by atoms with Crippen LogP contribution in [0.3, 0.4) is 0 Å². The SMILES string of the molecule is CCC1CC(CN)(N(C)Cc2scnc2C)CCO1. The van der Waals surface area contributed by atoms with E-state index in [4.69, 9.17) is 10.5 Å². The second-order valence-electron chi connectivity index (χ2n) is 5.50. The zero-order chi connectivity index (χ0) is 13.9. The monoisotopic (exact) mass is 283 g/mol. The van der Waals surface area contributed by atoms with E-state index in [9.17, 15) is 0 Å². The molecular weight excluding hydrogens is 258 g/mol. The molecule has 5 heteroatoms. The zero-order valence-electron chi connectivity index (χ0n) is 12.2. The highest BCUT2D eigenvalue weighted by Crippen LogP contribution is 2.32. The standard InChI is InChI=1S/C14H25N3OS/c1-4-12-7-14(9-15,5-6-18-12)17(3)8-13-11(2)16-10-19-13/h10,12H,4-9,15H2,1-3H3. The molecule has 1 fully saturated rings. The highest BCUT2D eigenvalue weighted by molar-refractivity contribution is 7.09. The van der Waals surface area contributed by atoms with Crippen LogP contribution >= 0.6 is 11.3 Å². The molecule has 0 aliphatic carbocycles. The Kier molecular flexibility index (Phi) is 4.95. The number of rotatable bonds is 5. The minimum Gasteiger partial charge on any atom is -0.378 e. The van der Waals surface area contributed by atoms with Crippen molar-refractivity contribution in [3.63, 3.8) is 0 Å². The lowest BCUT2D eigenvalue weighted by Crippen LogP contribution is -2.56. The molecule has 0 radical (unpaired) electrons. The van der Waals surface area contributed by atoms with E-state index in [0.29, 0.717) is 12.6 Å². The van der Waals surface area contributed by atoms with Crippen LogP contribution in [0.1, 0.15) is 36.8 Å². The van der Waals surface area contributed by atoms with Gasteiger partial charge in [0.05, 0.1) is 17.3 Å². The fourth-order valence-electron chi connectivity index (χ4n) is 2.81. The number of likely N-dealkylation sites (N-methyl/N-ethyl adjacent to an activating group) is 1. The molecule has 0 bridgehead atoms. The lowest BCUT2D eigenvalue weighted by Gasteiger charge is -2.46. The minimum atomic E-state index is 0.0787. The molecule has 108 valence electrons. The third-order valence-electron chi connectivity index (χ3n) is 4.40. The summed E-state index contributed by atoms with van der Waals surface area (Å²) >= 11 is 1.73. The summed E-state index contributed by atoms with van der Waals surface area (Å²) in [6, 6.07) is 0.